The topological polar surface area (TPSA) is 20.5 Å². The maximum absolute atomic E-state index is 6.01. The van der Waals surface area contributed by atoms with Gasteiger partial charge in [-0.1, -0.05) is 11.6 Å². The first-order valence-electron chi connectivity index (χ1n) is 7.49. The van der Waals surface area contributed by atoms with Crippen LogP contribution in [0.15, 0.2) is 24.5 Å². The minimum atomic E-state index is 0.674. The van der Waals surface area contributed by atoms with E-state index in [-0.39, 0.29) is 0 Å². The van der Waals surface area contributed by atoms with E-state index in [0.29, 0.717) is 6.04 Å². The Morgan fingerprint density at radius 1 is 1.35 bits per heavy atom. The molecule has 2 aromatic heterocycles. The fourth-order valence-corrected chi connectivity index (χ4v) is 3.23. The number of hydrogen-bond acceptors (Lipinski definition) is 2. The number of nitrogens with zero attached hydrogens (tertiary/aromatic N) is 3. The molecule has 1 aliphatic rings. The van der Waals surface area contributed by atoms with Crippen LogP contribution < -0.4 is 0 Å². The molecule has 0 bridgehead atoms. The second kappa shape index (κ2) is 5.74. The first-order chi connectivity index (χ1) is 9.61. The number of aromatic nitrogens is 2. The fraction of sp³-hybridized carbons (Fsp3) is 0.562. The third-order valence-electron chi connectivity index (χ3n) is 4.35. The van der Waals surface area contributed by atoms with Gasteiger partial charge in [-0.25, -0.2) is 4.98 Å². The van der Waals surface area contributed by atoms with Crippen molar-refractivity contribution < 1.29 is 0 Å². The summed E-state index contributed by atoms with van der Waals surface area (Å²) in [7, 11) is 0. The minimum Gasteiger partial charge on any atom is -0.307 e. The van der Waals surface area contributed by atoms with Gasteiger partial charge in [0.25, 0.3) is 0 Å². The number of piperidine rings is 1. The van der Waals surface area contributed by atoms with E-state index in [1.54, 1.807) is 0 Å². The van der Waals surface area contributed by atoms with Gasteiger partial charge in [0.15, 0.2) is 0 Å². The quantitative estimate of drug-likeness (QED) is 0.860. The summed E-state index contributed by atoms with van der Waals surface area (Å²) in [5.74, 6) is 0.769. The van der Waals surface area contributed by atoms with E-state index in [1.807, 2.05) is 18.3 Å². The number of likely N-dealkylation sites (tertiary alicyclic amines) is 1. The Morgan fingerprint density at radius 2 is 2.10 bits per heavy atom. The third kappa shape index (κ3) is 2.99. The Hall–Kier alpha value is -1.06. The van der Waals surface area contributed by atoms with Gasteiger partial charge < -0.3 is 9.30 Å². The highest BCUT2D eigenvalue weighted by Crippen LogP contribution is 2.23. The van der Waals surface area contributed by atoms with Crippen molar-refractivity contribution in [2.24, 2.45) is 5.92 Å². The normalized spacial score (nSPS) is 18.2. The van der Waals surface area contributed by atoms with Gasteiger partial charge in [0, 0.05) is 23.5 Å². The zero-order valence-corrected chi connectivity index (χ0v) is 13.0. The van der Waals surface area contributed by atoms with Crippen LogP contribution in [-0.2, 0) is 6.42 Å². The lowest BCUT2D eigenvalue weighted by Gasteiger charge is -2.34. The second-order valence-electron chi connectivity index (χ2n) is 6.12. The Morgan fingerprint density at radius 3 is 2.80 bits per heavy atom. The molecule has 1 fully saturated rings. The molecule has 108 valence electrons. The van der Waals surface area contributed by atoms with Crippen molar-refractivity contribution in [3.8, 4) is 0 Å². The smallest absolute Gasteiger partial charge is 0.138 e. The van der Waals surface area contributed by atoms with E-state index in [2.05, 4.69) is 34.3 Å². The highest BCUT2D eigenvalue weighted by atomic mass is 35.5. The summed E-state index contributed by atoms with van der Waals surface area (Å²) in [6, 6.07) is 4.50. The van der Waals surface area contributed by atoms with Gasteiger partial charge in [0.05, 0.1) is 5.69 Å². The van der Waals surface area contributed by atoms with Crippen molar-refractivity contribution in [3.63, 3.8) is 0 Å². The molecule has 20 heavy (non-hydrogen) atoms. The maximum atomic E-state index is 6.01. The summed E-state index contributed by atoms with van der Waals surface area (Å²) >= 11 is 6.01. The van der Waals surface area contributed by atoms with Crippen LogP contribution in [0.25, 0.3) is 5.65 Å². The summed E-state index contributed by atoms with van der Waals surface area (Å²) in [5, 5.41) is 0.750. The van der Waals surface area contributed by atoms with Crippen molar-refractivity contribution in [1.29, 1.82) is 0 Å². The van der Waals surface area contributed by atoms with Crippen molar-refractivity contribution in [1.82, 2.24) is 14.3 Å². The predicted octanol–water partition coefficient (Wildman–Crippen LogP) is 3.65. The average molecular weight is 292 g/mol. The molecule has 0 spiro atoms. The van der Waals surface area contributed by atoms with Gasteiger partial charge in [0.1, 0.15) is 5.65 Å². The van der Waals surface area contributed by atoms with E-state index in [4.69, 9.17) is 11.6 Å². The van der Waals surface area contributed by atoms with Crippen LogP contribution in [0.4, 0.5) is 0 Å². The number of halogens is 1. The van der Waals surface area contributed by atoms with Crippen LogP contribution >= 0.6 is 11.6 Å². The van der Waals surface area contributed by atoms with Gasteiger partial charge in [-0.2, -0.15) is 0 Å². The minimum absolute atomic E-state index is 0.674. The summed E-state index contributed by atoms with van der Waals surface area (Å²) in [5.41, 5.74) is 2.14. The first-order valence-corrected chi connectivity index (χ1v) is 7.87. The maximum Gasteiger partial charge on any atom is 0.138 e. The number of rotatable bonds is 3. The number of imidazole rings is 1. The molecule has 0 amide bonds. The molecule has 3 heterocycles. The Balaban J connectivity index is 1.65. The fourth-order valence-electron chi connectivity index (χ4n) is 3.08. The number of fused-ring (bicyclic) bond motifs is 1. The summed E-state index contributed by atoms with van der Waals surface area (Å²) in [6.45, 7) is 7.02. The van der Waals surface area contributed by atoms with Crippen LogP contribution in [0.1, 0.15) is 32.4 Å². The molecular weight excluding hydrogens is 270 g/mol. The molecule has 1 aliphatic heterocycles. The predicted molar refractivity (Wildman–Crippen MR) is 83.3 cm³/mol. The first kappa shape index (κ1) is 13.9. The lowest BCUT2D eigenvalue weighted by molar-refractivity contribution is 0.149. The molecule has 0 radical (unpaired) electrons. The number of hydrogen-bond donors (Lipinski definition) is 0. The van der Waals surface area contributed by atoms with E-state index in [9.17, 15) is 0 Å². The standard InChI is InChI=1S/C16H22ClN3/c1-12(2)19-6-3-13(4-7-19)9-15-11-20-8-5-14(17)10-16(20)18-15/h5,8,10-13H,3-4,6-7,9H2,1-2H3. The van der Waals surface area contributed by atoms with Crippen LogP contribution in [-0.4, -0.2) is 33.4 Å². The molecular formula is C16H22ClN3. The monoisotopic (exact) mass is 291 g/mol. The zero-order chi connectivity index (χ0) is 14.1. The van der Waals surface area contributed by atoms with E-state index in [0.717, 1.165) is 23.0 Å². The molecule has 0 saturated carbocycles. The van der Waals surface area contributed by atoms with Crippen LogP contribution in [0.3, 0.4) is 0 Å². The van der Waals surface area contributed by atoms with Crippen LogP contribution in [0.2, 0.25) is 5.02 Å². The van der Waals surface area contributed by atoms with Crippen molar-refractivity contribution >= 4 is 17.2 Å². The Kier molecular flexibility index (Phi) is 3.99. The molecule has 2 aromatic rings. The van der Waals surface area contributed by atoms with E-state index in [1.165, 1.54) is 31.6 Å². The summed E-state index contributed by atoms with van der Waals surface area (Å²) in [6.07, 6.45) is 7.78. The Labute approximate surface area is 125 Å². The van der Waals surface area contributed by atoms with Crippen molar-refractivity contribution in [3.05, 3.63) is 35.2 Å². The van der Waals surface area contributed by atoms with Gasteiger partial charge in [-0.05, 0) is 64.3 Å². The molecule has 0 N–H and O–H groups in total. The largest absolute Gasteiger partial charge is 0.307 e. The molecule has 3 rings (SSSR count). The van der Waals surface area contributed by atoms with Gasteiger partial charge in [-0.15, -0.1) is 0 Å². The average Bonchev–Trinajstić information content (AvgIpc) is 2.80. The molecule has 1 saturated heterocycles. The highest BCUT2D eigenvalue weighted by Gasteiger charge is 2.21. The highest BCUT2D eigenvalue weighted by molar-refractivity contribution is 6.30. The van der Waals surface area contributed by atoms with Crippen LogP contribution in [0, 0.1) is 5.92 Å². The van der Waals surface area contributed by atoms with Gasteiger partial charge >= 0.3 is 0 Å². The van der Waals surface area contributed by atoms with Crippen LogP contribution in [0.5, 0.6) is 0 Å². The molecule has 4 heteroatoms. The SMILES string of the molecule is CC(C)N1CCC(Cc2cn3ccc(Cl)cc3n2)CC1. The summed E-state index contributed by atoms with van der Waals surface area (Å²) in [4.78, 5) is 7.26. The van der Waals surface area contributed by atoms with Crippen molar-refractivity contribution in [2.75, 3.05) is 13.1 Å². The lowest BCUT2D eigenvalue weighted by Crippen LogP contribution is -2.38. The number of pyridine rings is 1. The van der Waals surface area contributed by atoms with Crippen molar-refractivity contribution in [2.45, 2.75) is 39.2 Å². The Bertz CT molecular complexity index is 582. The molecule has 0 unspecified atom stereocenters. The lowest BCUT2D eigenvalue weighted by atomic mass is 9.92. The molecule has 0 aromatic carbocycles. The second-order valence-corrected chi connectivity index (χ2v) is 6.56. The summed E-state index contributed by atoms with van der Waals surface area (Å²) < 4.78 is 2.06. The van der Waals surface area contributed by atoms with Gasteiger partial charge in [-0.3, -0.25) is 0 Å². The molecule has 0 aliphatic carbocycles. The zero-order valence-electron chi connectivity index (χ0n) is 12.2. The molecule has 3 nitrogen and oxygen atoms in total. The van der Waals surface area contributed by atoms with E-state index < -0.39 is 0 Å². The molecule has 0 atom stereocenters. The van der Waals surface area contributed by atoms with E-state index >= 15 is 0 Å². The van der Waals surface area contributed by atoms with Gasteiger partial charge in [0.2, 0.25) is 0 Å². The third-order valence-corrected chi connectivity index (χ3v) is 4.58.